The Bertz CT molecular complexity index is 250. The van der Waals surface area contributed by atoms with Crippen molar-refractivity contribution in [2.24, 2.45) is 0 Å². The third-order valence-electron chi connectivity index (χ3n) is 2.04. The molecule has 2 heterocycles. The van der Waals surface area contributed by atoms with Gasteiger partial charge in [0, 0.05) is 16.2 Å². The maximum absolute atomic E-state index is 5.19. The second-order valence-electron chi connectivity index (χ2n) is 3.28. The number of hydrogen-bond donors (Lipinski definition) is 0. The highest BCUT2D eigenvalue weighted by atomic mass is 32.1. The van der Waals surface area contributed by atoms with E-state index in [0.29, 0.717) is 6.10 Å². The van der Waals surface area contributed by atoms with Gasteiger partial charge in [-0.25, -0.2) is 0 Å². The lowest BCUT2D eigenvalue weighted by molar-refractivity contribution is 0.408. The number of aryl methyl sites for hydroxylation is 1. The smallest absolute Gasteiger partial charge is 0.0858 e. The van der Waals surface area contributed by atoms with E-state index in [1.165, 1.54) is 22.6 Å². The molecule has 0 bridgehead atoms. The molecule has 1 atom stereocenters. The number of thiophene rings is 1. The van der Waals surface area contributed by atoms with Crippen LogP contribution in [-0.2, 0) is 17.6 Å². The molecule has 0 radical (unpaired) electrons. The largest absolute Gasteiger partial charge is 0.373 e. The van der Waals surface area contributed by atoms with Crippen LogP contribution in [0.1, 0.15) is 23.1 Å². The molecule has 1 fully saturated rings. The summed E-state index contributed by atoms with van der Waals surface area (Å²) in [5.74, 6) is 0. The molecule has 1 aromatic heterocycles. The molecule has 1 aliphatic rings. The third kappa shape index (κ3) is 2.08. The standard InChI is InChI=1S/C10H14OS/c1-2-3-9-4-5-10(12-9)6-8-7-11-8/h4-5,8H,2-3,6-7H2,1H3. The first-order chi connectivity index (χ1) is 5.88. The van der Waals surface area contributed by atoms with E-state index in [1.807, 2.05) is 11.3 Å². The predicted octanol–water partition coefficient (Wildman–Crippen LogP) is 2.64. The SMILES string of the molecule is CCCc1ccc(CC2CO2)s1. The molecular weight excluding hydrogens is 168 g/mol. The van der Waals surface area contributed by atoms with Gasteiger partial charge >= 0.3 is 0 Å². The number of rotatable bonds is 4. The molecule has 1 unspecified atom stereocenters. The van der Waals surface area contributed by atoms with E-state index in [4.69, 9.17) is 4.74 Å². The molecule has 0 N–H and O–H groups in total. The van der Waals surface area contributed by atoms with Gasteiger partial charge in [0.15, 0.2) is 0 Å². The van der Waals surface area contributed by atoms with Crippen LogP contribution in [0.25, 0.3) is 0 Å². The Kier molecular flexibility index (Phi) is 2.47. The summed E-state index contributed by atoms with van der Waals surface area (Å²) in [6, 6.07) is 4.50. The van der Waals surface area contributed by atoms with Crippen molar-refractivity contribution in [1.82, 2.24) is 0 Å². The summed E-state index contributed by atoms with van der Waals surface area (Å²) in [5.41, 5.74) is 0. The Morgan fingerprint density at radius 1 is 1.50 bits per heavy atom. The summed E-state index contributed by atoms with van der Waals surface area (Å²) in [4.78, 5) is 3.01. The Balaban J connectivity index is 1.92. The summed E-state index contributed by atoms with van der Waals surface area (Å²) in [7, 11) is 0. The Morgan fingerprint density at radius 3 is 2.92 bits per heavy atom. The van der Waals surface area contributed by atoms with Crippen LogP contribution in [0.4, 0.5) is 0 Å². The van der Waals surface area contributed by atoms with Crippen molar-refractivity contribution < 1.29 is 4.74 Å². The van der Waals surface area contributed by atoms with Gasteiger partial charge < -0.3 is 4.74 Å². The van der Waals surface area contributed by atoms with Crippen LogP contribution >= 0.6 is 11.3 Å². The minimum atomic E-state index is 0.540. The molecule has 0 amide bonds. The minimum absolute atomic E-state index is 0.540. The van der Waals surface area contributed by atoms with Crippen molar-refractivity contribution in [2.75, 3.05) is 6.61 Å². The number of epoxide rings is 1. The fourth-order valence-corrected chi connectivity index (χ4v) is 2.51. The van der Waals surface area contributed by atoms with E-state index < -0.39 is 0 Å². The van der Waals surface area contributed by atoms with Gasteiger partial charge in [-0.3, -0.25) is 0 Å². The molecule has 66 valence electrons. The van der Waals surface area contributed by atoms with Gasteiger partial charge in [-0.1, -0.05) is 13.3 Å². The number of hydrogen-bond acceptors (Lipinski definition) is 2. The van der Waals surface area contributed by atoms with E-state index in [2.05, 4.69) is 19.1 Å². The van der Waals surface area contributed by atoms with Crippen LogP contribution in [0.3, 0.4) is 0 Å². The molecule has 2 rings (SSSR count). The lowest BCUT2D eigenvalue weighted by Gasteiger charge is -1.90. The first kappa shape index (κ1) is 8.27. The summed E-state index contributed by atoms with van der Waals surface area (Å²) < 4.78 is 5.19. The van der Waals surface area contributed by atoms with Crippen molar-refractivity contribution in [1.29, 1.82) is 0 Å². The quantitative estimate of drug-likeness (QED) is 0.652. The zero-order valence-electron chi connectivity index (χ0n) is 7.38. The van der Waals surface area contributed by atoms with E-state index in [0.717, 1.165) is 13.0 Å². The van der Waals surface area contributed by atoms with Crippen LogP contribution in [0.15, 0.2) is 12.1 Å². The Labute approximate surface area is 77.4 Å². The first-order valence-electron chi connectivity index (χ1n) is 4.57. The monoisotopic (exact) mass is 182 g/mol. The van der Waals surface area contributed by atoms with Crippen molar-refractivity contribution in [3.63, 3.8) is 0 Å². The highest BCUT2D eigenvalue weighted by Gasteiger charge is 2.23. The van der Waals surface area contributed by atoms with Gasteiger partial charge in [0.1, 0.15) is 0 Å². The van der Waals surface area contributed by atoms with Gasteiger partial charge in [0.25, 0.3) is 0 Å². The molecule has 0 aliphatic carbocycles. The topological polar surface area (TPSA) is 12.5 Å². The maximum Gasteiger partial charge on any atom is 0.0858 e. The van der Waals surface area contributed by atoms with Crippen molar-refractivity contribution in [3.8, 4) is 0 Å². The average Bonchev–Trinajstić information content (AvgIpc) is 2.74. The zero-order valence-corrected chi connectivity index (χ0v) is 8.19. The van der Waals surface area contributed by atoms with E-state index in [-0.39, 0.29) is 0 Å². The van der Waals surface area contributed by atoms with Gasteiger partial charge in [0.05, 0.1) is 12.7 Å². The fraction of sp³-hybridized carbons (Fsp3) is 0.600. The molecule has 0 saturated carbocycles. The third-order valence-corrected chi connectivity index (χ3v) is 3.21. The molecule has 12 heavy (non-hydrogen) atoms. The lowest BCUT2D eigenvalue weighted by atomic mass is 10.2. The van der Waals surface area contributed by atoms with Crippen molar-refractivity contribution in [3.05, 3.63) is 21.9 Å². The van der Waals surface area contributed by atoms with Crippen molar-refractivity contribution in [2.45, 2.75) is 32.3 Å². The summed E-state index contributed by atoms with van der Waals surface area (Å²) >= 11 is 1.95. The molecule has 0 aromatic carbocycles. The molecule has 1 saturated heterocycles. The minimum Gasteiger partial charge on any atom is -0.373 e. The highest BCUT2D eigenvalue weighted by Crippen LogP contribution is 2.23. The molecule has 1 aliphatic heterocycles. The van der Waals surface area contributed by atoms with Gasteiger partial charge in [-0.2, -0.15) is 0 Å². The fourth-order valence-electron chi connectivity index (χ4n) is 1.32. The molecule has 1 nitrogen and oxygen atoms in total. The van der Waals surface area contributed by atoms with Gasteiger partial charge in [0.2, 0.25) is 0 Å². The van der Waals surface area contributed by atoms with E-state index in [1.54, 1.807) is 0 Å². The van der Waals surface area contributed by atoms with E-state index in [9.17, 15) is 0 Å². The van der Waals surface area contributed by atoms with E-state index >= 15 is 0 Å². The Hall–Kier alpha value is -0.340. The normalized spacial score (nSPS) is 21.2. The summed E-state index contributed by atoms with van der Waals surface area (Å²) in [5, 5.41) is 0. The number of ether oxygens (including phenoxy) is 1. The van der Waals surface area contributed by atoms with Gasteiger partial charge in [-0.05, 0) is 18.6 Å². The molecule has 2 heteroatoms. The van der Waals surface area contributed by atoms with Crippen LogP contribution in [0, 0.1) is 0 Å². The summed E-state index contributed by atoms with van der Waals surface area (Å²) in [6.07, 6.45) is 4.16. The zero-order chi connectivity index (χ0) is 8.39. The molecular formula is C10H14OS. The molecule has 0 spiro atoms. The van der Waals surface area contributed by atoms with Crippen LogP contribution in [0.2, 0.25) is 0 Å². The maximum atomic E-state index is 5.19. The van der Waals surface area contributed by atoms with Crippen LogP contribution in [0.5, 0.6) is 0 Å². The lowest BCUT2D eigenvalue weighted by Crippen LogP contribution is -1.87. The summed E-state index contributed by atoms with van der Waals surface area (Å²) in [6.45, 7) is 3.20. The van der Waals surface area contributed by atoms with Crippen LogP contribution < -0.4 is 0 Å². The van der Waals surface area contributed by atoms with Crippen LogP contribution in [-0.4, -0.2) is 12.7 Å². The highest BCUT2D eigenvalue weighted by molar-refractivity contribution is 7.12. The second kappa shape index (κ2) is 3.58. The van der Waals surface area contributed by atoms with Gasteiger partial charge in [-0.15, -0.1) is 11.3 Å². The average molecular weight is 182 g/mol. The Morgan fingerprint density at radius 2 is 2.25 bits per heavy atom. The predicted molar refractivity (Wildman–Crippen MR) is 51.8 cm³/mol. The first-order valence-corrected chi connectivity index (χ1v) is 5.39. The molecule has 1 aromatic rings. The second-order valence-corrected chi connectivity index (χ2v) is 4.53. The van der Waals surface area contributed by atoms with Crippen molar-refractivity contribution >= 4 is 11.3 Å².